The highest BCUT2D eigenvalue weighted by Crippen LogP contribution is 2.28. The normalized spacial score (nSPS) is 16.8. The molecule has 0 spiro atoms. The van der Waals surface area contributed by atoms with Crippen molar-refractivity contribution < 1.29 is 14.4 Å². The minimum Gasteiger partial charge on any atom is -0.396 e. The van der Waals surface area contributed by atoms with E-state index in [1.54, 1.807) is 0 Å². The molecule has 0 unspecified atom stereocenters. The monoisotopic (exact) mass is 480 g/mol. The summed E-state index contributed by atoms with van der Waals surface area (Å²) < 4.78 is 10.8. The number of rotatable bonds is 8. The first-order chi connectivity index (χ1) is 12.2. The van der Waals surface area contributed by atoms with Gasteiger partial charge in [0, 0.05) is 43.7 Å². The fourth-order valence-corrected chi connectivity index (χ4v) is 3.08. The number of aliphatic imine (C=N–C) groups is 1. The summed E-state index contributed by atoms with van der Waals surface area (Å²) >= 11 is 0. The molecule has 1 aliphatic heterocycles. The number of aryl methyl sites for hydroxylation is 2. The number of nitrogens with zero attached hydrogens (tertiary/aromatic N) is 2. The van der Waals surface area contributed by atoms with E-state index >= 15 is 0 Å². The van der Waals surface area contributed by atoms with Crippen LogP contribution in [0.3, 0.4) is 0 Å². The lowest BCUT2D eigenvalue weighted by Gasteiger charge is -2.36. The Morgan fingerprint density at radius 3 is 2.50 bits per heavy atom. The summed E-state index contributed by atoms with van der Waals surface area (Å²) in [5.74, 6) is 1.67. The van der Waals surface area contributed by atoms with Gasteiger partial charge in [0.1, 0.15) is 5.76 Å². The van der Waals surface area contributed by atoms with Gasteiger partial charge in [-0.1, -0.05) is 19.0 Å². The largest absolute Gasteiger partial charge is 0.396 e. The van der Waals surface area contributed by atoms with Crippen LogP contribution < -0.4 is 10.6 Å². The number of halogens is 1. The van der Waals surface area contributed by atoms with E-state index in [4.69, 9.17) is 14.3 Å². The zero-order chi connectivity index (χ0) is 18.1. The average molecular weight is 480 g/mol. The molecule has 26 heavy (non-hydrogen) atoms. The Bertz CT molecular complexity index is 535. The third kappa shape index (κ3) is 6.09. The number of aliphatic hydroxyl groups excluding tert-OH is 1. The maximum absolute atomic E-state index is 9.82. The van der Waals surface area contributed by atoms with Gasteiger partial charge >= 0.3 is 0 Å². The SMILES string of the molecule is CCNC(=NCc1c(CC)noc1CC)NCC1(CO)CCOCC1.I. The van der Waals surface area contributed by atoms with Crippen molar-refractivity contribution in [2.24, 2.45) is 10.4 Å². The smallest absolute Gasteiger partial charge is 0.191 e. The first-order valence-corrected chi connectivity index (χ1v) is 9.35. The van der Waals surface area contributed by atoms with E-state index in [0.717, 1.165) is 55.2 Å². The first-order valence-electron chi connectivity index (χ1n) is 9.35. The second-order valence-electron chi connectivity index (χ2n) is 6.56. The molecule has 1 aromatic rings. The van der Waals surface area contributed by atoms with Crippen molar-refractivity contribution in [3.05, 3.63) is 17.0 Å². The predicted octanol–water partition coefficient (Wildman–Crippen LogP) is 2.26. The molecule has 0 bridgehead atoms. The molecule has 0 aromatic carbocycles. The van der Waals surface area contributed by atoms with Gasteiger partial charge in [0.25, 0.3) is 0 Å². The van der Waals surface area contributed by atoms with Crippen LogP contribution in [0.4, 0.5) is 0 Å². The molecule has 0 atom stereocenters. The number of aliphatic hydroxyl groups is 1. The number of guanidine groups is 1. The van der Waals surface area contributed by atoms with Gasteiger partial charge < -0.3 is 25.0 Å². The molecule has 2 rings (SSSR count). The minimum atomic E-state index is -0.130. The van der Waals surface area contributed by atoms with Crippen molar-refractivity contribution >= 4 is 29.9 Å². The Morgan fingerprint density at radius 1 is 1.19 bits per heavy atom. The topological polar surface area (TPSA) is 91.9 Å². The molecule has 1 aliphatic rings. The lowest BCUT2D eigenvalue weighted by Crippen LogP contribution is -2.47. The number of nitrogens with one attached hydrogen (secondary N) is 2. The molecule has 0 aliphatic carbocycles. The third-order valence-electron chi connectivity index (χ3n) is 4.87. The summed E-state index contributed by atoms with van der Waals surface area (Å²) in [5, 5.41) is 20.6. The van der Waals surface area contributed by atoms with Gasteiger partial charge in [-0.05, 0) is 26.2 Å². The van der Waals surface area contributed by atoms with Crippen LogP contribution >= 0.6 is 24.0 Å². The summed E-state index contributed by atoms with van der Waals surface area (Å²) in [6.07, 6.45) is 3.38. The van der Waals surface area contributed by atoms with Gasteiger partial charge in [-0.15, -0.1) is 24.0 Å². The van der Waals surface area contributed by atoms with Crippen molar-refractivity contribution in [1.29, 1.82) is 0 Å². The average Bonchev–Trinajstić information content (AvgIpc) is 3.06. The van der Waals surface area contributed by atoms with Crippen molar-refractivity contribution in [2.75, 3.05) is 32.9 Å². The fraction of sp³-hybridized carbons (Fsp3) is 0.778. The number of ether oxygens (including phenoxy) is 1. The molecule has 2 heterocycles. The van der Waals surface area contributed by atoms with E-state index in [1.165, 1.54) is 0 Å². The van der Waals surface area contributed by atoms with Crippen LogP contribution in [0.15, 0.2) is 9.52 Å². The van der Waals surface area contributed by atoms with E-state index < -0.39 is 0 Å². The maximum atomic E-state index is 9.82. The standard InChI is InChI=1S/C18H32N4O3.HI/c1-4-15-14(16(5-2)25-22-15)11-20-17(19-6-3)21-12-18(13-23)7-9-24-10-8-18;/h23H,4-13H2,1-3H3,(H2,19,20,21);1H. The van der Waals surface area contributed by atoms with Crippen LogP contribution in [0.1, 0.15) is 50.6 Å². The Kier molecular flexibility index (Phi) is 10.5. The Hall–Kier alpha value is -0.870. The fourth-order valence-electron chi connectivity index (χ4n) is 3.08. The second-order valence-corrected chi connectivity index (χ2v) is 6.56. The van der Waals surface area contributed by atoms with Crippen LogP contribution in [-0.4, -0.2) is 49.1 Å². The van der Waals surface area contributed by atoms with Crippen LogP contribution in [-0.2, 0) is 24.1 Å². The predicted molar refractivity (Wildman–Crippen MR) is 113 cm³/mol. The van der Waals surface area contributed by atoms with Gasteiger partial charge in [-0.25, -0.2) is 4.99 Å². The molecule has 8 heteroatoms. The lowest BCUT2D eigenvalue weighted by molar-refractivity contribution is -0.0131. The summed E-state index contributed by atoms with van der Waals surface area (Å²) in [7, 11) is 0. The molecule has 3 N–H and O–H groups in total. The maximum Gasteiger partial charge on any atom is 0.191 e. The Morgan fingerprint density at radius 2 is 1.92 bits per heavy atom. The number of aromatic nitrogens is 1. The molecule has 0 saturated carbocycles. The van der Waals surface area contributed by atoms with Gasteiger partial charge in [0.15, 0.2) is 5.96 Å². The number of hydrogen-bond donors (Lipinski definition) is 3. The molecule has 0 radical (unpaired) electrons. The zero-order valence-electron chi connectivity index (χ0n) is 16.1. The van der Waals surface area contributed by atoms with Gasteiger partial charge in [-0.2, -0.15) is 0 Å². The van der Waals surface area contributed by atoms with E-state index in [9.17, 15) is 5.11 Å². The van der Waals surface area contributed by atoms with E-state index in [0.29, 0.717) is 26.3 Å². The van der Waals surface area contributed by atoms with E-state index in [-0.39, 0.29) is 36.0 Å². The van der Waals surface area contributed by atoms with Crippen LogP contribution in [0.25, 0.3) is 0 Å². The molecule has 1 aromatic heterocycles. The zero-order valence-corrected chi connectivity index (χ0v) is 18.5. The summed E-state index contributed by atoms with van der Waals surface area (Å²) in [6, 6.07) is 0. The highest BCUT2D eigenvalue weighted by Gasteiger charge is 2.32. The lowest BCUT2D eigenvalue weighted by atomic mass is 9.81. The van der Waals surface area contributed by atoms with Crippen molar-refractivity contribution in [2.45, 2.75) is 53.0 Å². The van der Waals surface area contributed by atoms with Crippen molar-refractivity contribution in [3.8, 4) is 0 Å². The van der Waals surface area contributed by atoms with Crippen molar-refractivity contribution in [3.63, 3.8) is 0 Å². The van der Waals surface area contributed by atoms with Crippen LogP contribution in [0.2, 0.25) is 0 Å². The molecule has 1 fully saturated rings. The van der Waals surface area contributed by atoms with E-state index in [2.05, 4.69) is 29.6 Å². The molecular weight excluding hydrogens is 447 g/mol. The third-order valence-corrected chi connectivity index (χ3v) is 4.87. The van der Waals surface area contributed by atoms with Gasteiger partial charge in [-0.3, -0.25) is 0 Å². The number of hydrogen-bond acceptors (Lipinski definition) is 5. The van der Waals surface area contributed by atoms with Crippen molar-refractivity contribution in [1.82, 2.24) is 15.8 Å². The quantitative estimate of drug-likeness (QED) is 0.301. The summed E-state index contributed by atoms with van der Waals surface area (Å²) in [5.41, 5.74) is 1.94. The molecule has 150 valence electrons. The minimum absolute atomic E-state index is 0. The molecule has 0 amide bonds. The van der Waals surface area contributed by atoms with Crippen LogP contribution in [0.5, 0.6) is 0 Å². The highest BCUT2D eigenvalue weighted by atomic mass is 127. The van der Waals surface area contributed by atoms with Gasteiger partial charge in [0.05, 0.1) is 18.8 Å². The second kappa shape index (κ2) is 11.8. The van der Waals surface area contributed by atoms with Crippen LogP contribution in [0, 0.1) is 5.41 Å². The summed E-state index contributed by atoms with van der Waals surface area (Å²) in [4.78, 5) is 4.70. The highest BCUT2D eigenvalue weighted by molar-refractivity contribution is 14.0. The molecular formula is C18H33IN4O3. The van der Waals surface area contributed by atoms with E-state index in [1.807, 2.05) is 6.92 Å². The molecule has 7 nitrogen and oxygen atoms in total. The Balaban J connectivity index is 0.00000338. The first kappa shape index (κ1) is 23.2. The summed E-state index contributed by atoms with van der Waals surface area (Å²) in [6.45, 7) is 9.76. The molecule has 1 saturated heterocycles. The Labute approximate surface area is 173 Å². The van der Waals surface area contributed by atoms with Gasteiger partial charge in [0.2, 0.25) is 0 Å².